The maximum absolute atomic E-state index is 7.66. The summed E-state index contributed by atoms with van der Waals surface area (Å²) in [4.78, 5) is 4.36. The van der Waals surface area contributed by atoms with Gasteiger partial charge in [0.25, 0.3) is 0 Å². The molecule has 2 aromatic rings. The number of aryl methyl sites for hydroxylation is 2. The lowest BCUT2D eigenvalue weighted by Gasteiger charge is -2.09. The number of aromatic nitrogens is 3. The Morgan fingerprint density at radius 2 is 2.06 bits per heavy atom. The topological polar surface area (TPSA) is 88.5 Å². The molecule has 0 unspecified atom stereocenters. The molecule has 0 saturated heterocycles. The van der Waals surface area contributed by atoms with Gasteiger partial charge in [0.15, 0.2) is 4.34 Å². The first-order valence-corrected chi connectivity index (χ1v) is 6.97. The third-order valence-corrected chi connectivity index (χ3v) is 4.51. The predicted octanol–water partition coefficient (Wildman–Crippen LogP) is 2.29. The van der Waals surface area contributed by atoms with Crippen LogP contribution >= 0.6 is 23.1 Å². The highest BCUT2D eigenvalue weighted by atomic mass is 32.2. The lowest BCUT2D eigenvalue weighted by atomic mass is 10.1. The average Bonchev–Trinajstić information content (AvgIpc) is 2.69. The van der Waals surface area contributed by atoms with Crippen LogP contribution in [0.15, 0.2) is 14.7 Å². The number of nitrogens with zero attached hydrogens (tertiary/aromatic N) is 3. The summed E-state index contributed by atoms with van der Waals surface area (Å²) >= 11 is 2.95. The van der Waals surface area contributed by atoms with Gasteiger partial charge in [-0.3, -0.25) is 5.41 Å². The van der Waals surface area contributed by atoms with E-state index in [1.165, 1.54) is 11.8 Å². The summed E-state index contributed by atoms with van der Waals surface area (Å²) in [6, 6.07) is 0. The fourth-order valence-corrected chi connectivity index (χ4v) is 3.33. The third-order valence-electron chi connectivity index (χ3n) is 2.47. The van der Waals surface area contributed by atoms with Gasteiger partial charge in [0.1, 0.15) is 10.9 Å². The lowest BCUT2D eigenvalue weighted by Crippen LogP contribution is -2.16. The Morgan fingerprint density at radius 1 is 1.33 bits per heavy atom. The molecule has 2 aromatic heterocycles. The Balaban J connectivity index is 2.44. The fourth-order valence-electron chi connectivity index (χ4n) is 1.44. The van der Waals surface area contributed by atoms with Crippen molar-refractivity contribution >= 4 is 28.9 Å². The monoisotopic (exact) mass is 279 g/mol. The second kappa shape index (κ2) is 5.03. The second-order valence-corrected chi connectivity index (χ2v) is 5.96. The maximum atomic E-state index is 7.66. The SMILES string of the molecule is Cc1csc(Sc2nnc(C)c(C)c2C(=N)N)n1. The van der Waals surface area contributed by atoms with Crippen LogP contribution in [0.3, 0.4) is 0 Å². The highest BCUT2D eigenvalue weighted by molar-refractivity contribution is 8.01. The second-order valence-electron chi connectivity index (χ2n) is 3.86. The molecular formula is C11H13N5S2. The molecule has 94 valence electrons. The third kappa shape index (κ3) is 2.51. The number of nitrogens with one attached hydrogen (secondary N) is 1. The van der Waals surface area contributed by atoms with E-state index in [0.717, 1.165) is 21.3 Å². The Bertz CT molecular complexity index is 605. The zero-order valence-corrected chi connectivity index (χ0v) is 11.9. The number of nitrogen functional groups attached to an aromatic ring is 1. The van der Waals surface area contributed by atoms with Crippen LogP contribution in [0.4, 0.5) is 0 Å². The molecule has 0 bridgehead atoms. The molecule has 3 N–H and O–H groups in total. The quantitative estimate of drug-likeness (QED) is 0.664. The molecule has 0 aliphatic heterocycles. The maximum Gasteiger partial charge on any atom is 0.156 e. The van der Waals surface area contributed by atoms with Gasteiger partial charge in [-0.05, 0) is 38.1 Å². The smallest absolute Gasteiger partial charge is 0.156 e. The van der Waals surface area contributed by atoms with Crippen molar-refractivity contribution in [3.8, 4) is 0 Å². The van der Waals surface area contributed by atoms with Gasteiger partial charge in [0, 0.05) is 11.1 Å². The first kappa shape index (κ1) is 13.0. The summed E-state index contributed by atoms with van der Waals surface area (Å²) < 4.78 is 0.882. The van der Waals surface area contributed by atoms with Crippen molar-refractivity contribution in [2.75, 3.05) is 0 Å². The van der Waals surface area contributed by atoms with E-state index in [4.69, 9.17) is 11.1 Å². The van der Waals surface area contributed by atoms with E-state index in [9.17, 15) is 0 Å². The van der Waals surface area contributed by atoms with Crippen molar-refractivity contribution in [3.05, 3.63) is 27.9 Å². The highest BCUT2D eigenvalue weighted by Gasteiger charge is 2.16. The highest BCUT2D eigenvalue weighted by Crippen LogP contribution is 2.32. The number of hydrogen-bond donors (Lipinski definition) is 2. The molecule has 5 nitrogen and oxygen atoms in total. The zero-order chi connectivity index (χ0) is 13.3. The first-order chi connectivity index (χ1) is 8.49. The van der Waals surface area contributed by atoms with Gasteiger partial charge in [-0.25, -0.2) is 4.98 Å². The molecule has 2 heterocycles. The molecule has 0 aromatic carbocycles. The van der Waals surface area contributed by atoms with Crippen LogP contribution in [0.2, 0.25) is 0 Å². The van der Waals surface area contributed by atoms with Crippen LogP contribution in [-0.2, 0) is 0 Å². The van der Waals surface area contributed by atoms with E-state index in [0.29, 0.717) is 10.6 Å². The van der Waals surface area contributed by atoms with E-state index in [1.807, 2.05) is 26.2 Å². The van der Waals surface area contributed by atoms with Crippen LogP contribution in [0.25, 0.3) is 0 Å². The van der Waals surface area contributed by atoms with Crippen LogP contribution in [0, 0.1) is 26.2 Å². The van der Waals surface area contributed by atoms with Crippen molar-refractivity contribution in [1.29, 1.82) is 5.41 Å². The van der Waals surface area contributed by atoms with Gasteiger partial charge in [-0.15, -0.1) is 16.4 Å². The molecule has 0 spiro atoms. The van der Waals surface area contributed by atoms with Gasteiger partial charge >= 0.3 is 0 Å². The van der Waals surface area contributed by atoms with Crippen molar-refractivity contribution in [2.24, 2.45) is 5.73 Å². The normalized spacial score (nSPS) is 10.6. The number of thiazole rings is 1. The molecule has 0 fully saturated rings. The van der Waals surface area contributed by atoms with Crippen molar-refractivity contribution < 1.29 is 0 Å². The number of nitrogens with two attached hydrogens (primary N) is 1. The zero-order valence-electron chi connectivity index (χ0n) is 10.3. The Labute approximate surface area is 113 Å². The largest absolute Gasteiger partial charge is 0.384 e. The minimum Gasteiger partial charge on any atom is -0.384 e. The van der Waals surface area contributed by atoms with Crippen LogP contribution in [-0.4, -0.2) is 21.0 Å². The summed E-state index contributed by atoms with van der Waals surface area (Å²) in [5, 5.41) is 18.5. The number of rotatable bonds is 3. The van der Waals surface area contributed by atoms with Gasteiger partial charge in [0.05, 0.1) is 11.3 Å². The van der Waals surface area contributed by atoms with Gasteiger partial charge in [-0.1, -0.05) is 0 Å². The summed E-state index contributed by atoms with van der Waals surface area (Å²) in [6.45, 7) is 5.70. The summed E-state index contributed by atoms with van der Waals surface area (Å²) in [5.41, 5.74) is 8.95. The molecule has 0 atom stereocenters. The van der Waals surface area contributed by atoms with Gasteiger partial charge in [0.2, 0.25) is 0 Å². The standard InChI is InChI=1S/C11H13N5S2/c1-5-4-17-11(14-5)18-10-8(9(12)13)6(2)7(3)15-16-10/h4H,1-3H3,(H3,12,13). The minimum absolute atomic E-state index is 0.0151. The molecule has 0 aliphatic carbocycles. The molecule has 0 saturated carbocycles. The predicted molar refractivity (Wildman–Crippen MR) is 73.5 cm³/mol. The number of amidine groups is 1. The molecular weight excluding hydrogens is 266 g/mol. The van der Waals surface area contributed by atoms with E-state index >= 15 is 0 Å². The average molecular weight is 279 g/mol. The lowest BCUT2D eigenvalue weighted by molar-refractivity contribution is 0.872. The number of hydrogen-bond acceptors (Lipinski definition) is 6. The Kier molecular flexibility index (Phi) is 3.63. The fraction of sp³-hybridized carbons (Fsp3) is 0.273. The van der Waals surface area contributed by atoms with E-state index in [1.54, 1.807) is 11.3 Å². The Morgan fingerprint density at radius 3 is 2.61 bits per heavy atom. The van der Waals surface area contributed by atoms with E-state index < -0.39 is 0 Å². The van der Waals surface area contributed by atoms with Gasteiger partial charge < -0.3 is 5.73 Å². The van der Waals surface area contributed by atoms with E-state index in [-0.39, 0.29) is 5.84 Å². The molecule has 7 heteroatoms. The summed E-state index contributed by atoms with van der Waals surface area (Å²) in [7, 11) is 0. The van der Waals surface area contributed by atoms with Crippen LogP contribution in [0.5, 0.6) is 0 Å². The molecule has 0 amide bonds. The van der Waals surface area contributed by atoms with Crippen LogP contribution in [0.1, 0.15) is 22.5 Å². The minimum atomic E-state index is 0.0151. The summed E-state index contributed by atoms with van der Waals surface area (Å²) in [6.07, 6.45) is 0. The first-order valence-electron chi connectivity index (χ1n) is 5.27. The molecule has 0 aliphatic rings. The van der Waals surface area contributed by atoms with Crippen molar-refractivity contribution in [1.82, 2.24) is 15.2 Å². The van der Waals surface area contributed by atoms with Crippen molar-refractivity contribution in [3.63, 3.8) is 0 Å². The molecule has 18 heavy (non-hydrogen) atoms. The van der Waals surface area contributed by atoms with Gasteiger partial charge in [-0.2, -0.15) is 5.10 Å². The van der Waals surface area contributed by atoms with E-state index in [2.05, 4.69) is 15.2 Å². The van der Waals surface area contributed by atoms with Crippen molar-refractivity contribution in [2.45, 2.75) is 30.1 Å². The Hall–Kier alpha value is -1.47. The molecule has 0 radical (unpaired) electrons. The summed E-state index contributed by atoms with van der Waals surface area (Å²) in [5.74, 6) is 0.0151. The molecule has 2 rings (SSSR count). The van der Waals surface area contributed by atoms with Crippen LogP contribution < -0.4 is 5.73 Å².